The normalized spacial score (nSPS) is 10.4. The molecule has 0 aliphatic carbocycles. The second-order valence-electron chi connectivity index (χ2n) is 5.81. The van der Waals surface area contributed by atoms with Crippen LogP contribution in [-0.2, 0) is 6.54 Å². The van der Waals surface area contributed by atoms with Crippen LogP contribution in [-0.4, -0.2) is 15.9 Å². The van der Waals surface area contributed by atoms with Gasteiger partial charge in [0, 0.05) is 36.3 Å². The first-order valence-corrected chi connectivity index (χ1v) is 7.84. The molecule has 1 N–H and O–H groups in total. The van der Waals surface area contributed by atoms with Gasteiger partial charge in [-0.25, -0.2) is 0 Å². The van der Waals surface area contributed by atoms with Gasteiger partial charge in [0.25, 0.3) is 5.91 Å². The van der Waals surface area contributed by atoms with Gasteiger partial charge in [-0.2, -0.15) is 0 Å². The lowest BCUT2D eigenvalue weighted by Gasteiger charge is -2.10. The molecule has 0 fully saturated rings. The zero-order chi connectivity index (χ0) is 16.9. The molecule has 2 heterocycles. The predicted octanol–water partition coefficient (Wildman–Crippen LogP) is 3.69. The molecule has 0 spiro atoms. The van der Waals surface area contributed by atoms with Crippen LogP contribution in [0.25, 0.3) is 11.3 Å². The quantitative estimate of drug-likeness (QED) is 0.798. The highest BCUT2D eigenvalue weighted by atomic mass is 16.1. The lowest BCUT2D eigenvalue weighted by atomic mass is 10.1. The Morgan fingerprint density at radius 1 is 1.04 bits per heavy atom. The Hall–Kier alpha value is -3.01. The lowest BCUT2D eigenvalue weighted by Crippen LogP contribution is -2.23. The second kappa shape index (κ2) is 7.04. The third-order valence-corrected chi connectivity index (χ3v) is 3.75. The number of nitrogens with zero attached hydrogens (tertiary/aromatic N) is 2. The summed E-state index contributed by atoms with van der Waals surface area (Å²) in [6.45, 7) is 4.40. The van der Waals surface area contributed by atoms with Crippen molar-refractivity contribution in [2.75, 3.05) is 0 Å². The van der Waals surface area contributed by atoms with Crippen LogP contribution in [0.5, 0.6) is 0 Å². The molecule has 3 rings (SSSR count). The largest absolute Gasteiger partial charge is 0.348 e. The summed E-state index contributed by atoms with van der Waals surface area (Å²) in [5.41, 5.74) is 5.58. The summed E-state index contributed by atoms with van der Waals surface area (Å²) in [5.74, 6) is -0.0808. The summed E-state index contributed by atoms with van der Waals surface area (Å²) in [5, 5.41) is 2.98. The zero-order valence-corrected chi connectivity index (χ0v) is 13.8. The minimum atomic E-state index is -0.0808. The molecule has 24 heavy (non-hydrogen) atoms. The smallest absolute Gasteiger partial charge is 0.251 e. The third-order valence-electron chi connectivity index (χ3n) is 3.75. The first-order chi connectivity index (χ1) is 11.6. The number of pyridine rings is 2. The number of hydrogen-bond acceptors (Lipinski definition) is 3. The molecule has 120 valence electrons. The highest BCUT2D eigenvalue weighted by molar-refractivity contribution is 5.94. The van der Waals surface area contributed by atoms with Gasteiger partial charge < -0.3 is 5.32 Å². The van der Waals surface area contributed by atoms with Crippen molar-refractivity contribution in [3.8, 4) is 11.3 Å². The summed E-state index contributed by atoms with van der Waals surface area (Å²) in [7, 11) is 0. The van der Waals surface area contributed by atoms with Crippen LogP contribution < -0.4 is 5.32 Å². The van der Waals surface area contributed by atoms with E-state index in [4.69, 9.17) is 0 Å². The van der Waals surface area contributed by atoms with E-state index < -0.39 is 0 Å². The van der Waals surface area contributed by atoms with Crippen LogP contribution in [0, 0.1) is 13.8 Å². The highest BCUT2D eigenvalue weighted by Gasteiger charge is 2.10. The molecule has 1 amide bonds. The van der Waals surface area contributed by atoms with Gasteiger partial charge in [0.1, 0.15) is 0 Å². The van der Waals surface area contributed by atoms with Crippen molar-refractivity contribution in [1.29, 1.82) is 0 Å². The van der Waals surface area contributed by atoms with Gasteiger partial charge in [-0.3, -0.25) is 14.8 Å². The van der Waals surface area contributed by atoms with Crippen molar-refractivity contribution in [2.45, 2.75) is 20.4 Å². The van der Waals surface area contributed by atoms with Gasteiger partial charge in [-0.05, 0) is 49.7 Å². The van der Waals surface area contributed by atoms with Gasteiger partial charge in [0.15, 0.2) is 0 Å². The summed E-state index contributed by atoms with van der Waals surface area (Å²) >= 11 is 0. The van der Waals surface area contributed by atoms with E-state index in [1.165, 1.54) is 0 Å². The van der Waals surface area contributed by atoms with Gasteiger partial charge in [-0.15, -0.1) is 0 Å². The Morgan fingerprint density at radius 3 is 2.50 bits per heavy atom. The molecular formula is C20H19N3O. The molecule has 4 nitrogen and oxygen atoms in total. The second-order valence-corrected chi connectivity index (χ2v) is 5.81. The van der Waals surface area contributed by atoms with Crippen LogP contribution in [0.15, 0.2) is 61.1 Å². The molecule has 3 aromatic rings. The van der Waals surface area contributed by atoms with Gasteiger partial charge in [0.05, 0.1) is 5.69 Å². The highest BCUT2D eigenvalue weighted by Crippen LogP contribution is 2.20. The molecule has 0 saturated carbocycles. The van der Waals surface area contributed by atoms with Crippen molar-refractivity contribution in [3.63, 3.8) is 0 Å². The SMILES string of the molecule is Cc1cc(C)cc(C(=O)NCc2cccnc2-c2cccnc2)c1. The molecule has 0 unspecified atom stereocenters. The summed E-state index contributed by atoms with van der Waals surface area (Å²) in [6.07, 6.45) is 5.25. The maximum atomic E-state index is 12.4. The van der Waals surface area contributed by atoms with E-state index in [-0.39, 0.29) is 5.91 Å². The van der Waals surface area contributed by atoms with Crippen LogP contribution in [0.3, 0.4) is 0 Å². The monoisotopic (exact) mass is 317 g/mol. The molecule has 0 aliphatic rings. The average Bonchev–Trinajstić information content (AvgIpc) is 2.60. The predicted molar refractivity (Wildman–Crippen MR) is 94.6 cm³/mol. The minimum absolute atomic E-state index is 0.0808. The Morgan fingerprint density at radius 2 is 1.79 bits per heavy atom. The first-order valence-electron chi connectivity index (χ1n) is 7.84. The Balaban J connectivity index is 1.79. The fraction of sp³-hybridized carbons (Fsp3) is 0.150. The van der Waals surface area contributed by atoms with Crippen molar-refractivity contribution in [1.82, 2.24) is 15.3 Å². The van der Waals surface area contributed by atoms with Crippen LogP contribution in [0.1, 0.15) is 27.0 Å². The number of carbonyl (C=O) groups excluding carboxylic acids is 1. The molecule has 0 radical (unpaired) electrons. The molecule has 0 bridgehead atoms. The van der Waals surface area contributed by atoms with E-state index in [0.29, 0.717) is 12.1 Å². The zero-order valence-electron chi connectivity index (χ0n) is 13.8. The topological polar surface area (TPSA) is 54.9 Å². The molecule has 0 aliphatic heterocycles. The maximum absolute atomic E-state index is 12.4. The van der Waals surface area contributed by atoms with Crippen LogP contribution >= 0.6 is 0 Å². The van der Waals surface area contributed by atoms with E-state index in [0.717, 1.165) is 27.9 Å². The Kier molecular flexibility index (Phi) is 4.66. The summed E-state index contributed by atoms with van der Waals surface area (Å²) in [6, 6.07) is 13.5. The lowest BCUT2D eigenvalue weighted by molar-refractivity contribution is 0.0951. The average molecular weight is 317 g/mol. The summed E-state index contributed by atoms with van der Waals surface area (Å²) < 4.78 is 0. The van der Waals surface area contributed by atoms with Gasteiger partial charge >= 0.3 is 0 Å². The number of rotatable bonds is 4. The molecule has 0 saturated heterocycles. The van der Waals surface area contributed by atoms with E-state index in [1.807, 2.05) is 50.2 Å². The van der Waals surface area contributed by atoms with Crippen molar-refractivity contribution in [2.24, 2.45) is 0 Å². The fourth-order valence-corrected chi connectivity index (χ4v) is 2.73. The molecule has 0 atom stereocenters. The number of nitrogens with one attached hydrogen (secondary N) is 1. The fourth-order valence-electron chi connectivity index (χ4n) is 2.73. The van der Waals surface area contributed by atoms with Gasteiger partial charge in [0.2, 0.25) is 0 Å². The van der Waals surface area contributed by atoms with E-state index in [9.17, 15) is 4.79 Å². The number of aryl methyl sites for hydroxylation is 2. The third kappa shape index (κ3) is 3.66. The van der Waals surface area contributed by atoms with Crippen molar-refractivity contribution in [3.05, 3.63) is 83.3 Å². The number of amides is 1. The minimum Gasteiger partial charge on any atom is -0.348 e. The number of hydrogen-bond donors (Lipinski definition) is 1. The van der Waals surface area contributed by atoms with E-state index in [2.05, 4.69) is 21.4 Å². The Labute approximate surface area is 141 Å². The number of benzene rings is 1. The van der Waals surface area contributed by atoms with Crippen LogP contribution in [0.4, 0.5) is 0 Å². The number of carbonyl (C=O) groups is 1. The van der Waals surface area contributed by atoms with Gasteiger partial charge in [-0.1, -0.05) is 23.3 Å². The van der Waals surface area contributed by atoms with Crippen LogP contribution in [0.2, 0.25) is 0 Å². The Bertz CT molecular complexity index is 840. The molecule has 1 aromatic carbocycles. The molecule has 2 aromatic heterocycles. The summed E-state index contributed by atoms with van der Waals surface area (Å²) in [4.78, 5) is 21.0. The van der Waals surface area contributed by atoms with E-state index in [1.54, 1.807) is 18.6 Å². The standard InChI is InChI=1S/C20H19N3O/c1-14-9-15(2)11-18(10-14)20(24)23-13-17-6-4-8-22-19(17)16-5-3-7-21-12-16/h3-12H,13H2,1-2H3,(H,23,24). The molecular weight excluding hydrogens is 298 g/mol. The number of aromatic nitrogens is 2. The maximum Gasteiger partial charge on any atom is 0.251 e. The van der Waals surface area contributed by atoms with Crippen molar-refractivity contribution < 1.29 is 4.79 Å². The van der Waals surface area contributed by atoms with Crippen molar-refractivity contribution >= 4 is 5.91 Å². The van der Waals surface area contributed by atoms with E-state index >= 15 is 0 Å². The first kappa shape index (κ1) is 15.9. The molecule has 4 heteroatoms.